The Hall–Kier alpha value is -2.75. The fraction of sp³-hybridized carbons (Fsp3) is 0.483. The maximum Gasteiger partial charge on any atom is 0.161 e. The molecule has 2 aromatic rings. The predicted octanol–water partition coefficient (Wildman–Crippen LogP) is 7.16. The van der Waals surface area contributed by atoms with Gasteiger partial charge in [-0.15, -0.1) is 0 Å². The summed E-state index contributed by atoms with van der Waals surface area (Å²) >= 11 is 0. The fourth-order valence-electron chi connectivity index (χ4n) is 3.81. The molecule has 2 rings (SSSR count). The van der Waals surface area contributed by atoms with E-state index in [0.29, 0.717) is 31.6 Å². The van der Waals surface area contributed by atoms with Crippen LogP contribution in [0.2, 0.25) is 0 Å². The molecule has 0 radical (unpaired) electrons. The van der Waals surface area contributed by atoms with Crippen molar-refractivity contribution in [2.45, 2.75) is 78.1 Å². The zero-order valence-corrected chi connectivity index (χ0v) is 20.3. The number of rotatable bonds is 16. The van der Waals surface area contributed by atoms with E-state index in [-0.39, 0.29) is 17.3 Å². The SMILES string of the molecule is CCCCC[C@H](C)CCCC=CC(=O)CCc1ccc(O)c(OCCc2ccc(O)cc2)c1. The number of aryl methyl sites for hydroxylation is 1. The van der Waals surface area contributed by atoms with Crippen LogP contribution in [0, 0.1) is 5.92 Å². The lowest BCUT2D eigenvalue weighted by Gasteiger charge is -2.10. The van der Waals surface area contributed by atoms with Crippen LogP contribution in [0.4, 0.5) is 0 Å². The Morgan fingerprint density at radius 1 is 0.970 bits per heavy atom. The van der Waals surface area contributed by atoms with Crippen LogP contribution >= 0.6 is 0 Å². The first-order valence-corrected chi connectivity index (χ1v) is 12.4. The molecule has 1 atom stereocenters. The largest absolute Gasteiger partial charge is 0.508 e. The first-order valence-electron chi connectivity index (χ1n) is 12.4. The molecule has 0 aliphatic heterocycles. The lowest BCUT2D eigenvalue weighted by atomic mass is 9.97. The highest BCUT2D eigenvalue weighted by atomic mass is 16.5. The highest BCUT2D eigenvalue weighted by Gasteiger charge is 2.07. The highest BCUT2D eigenvalue weighted by molar-refractivity contribution is 5.89. The van der Waals surface area contributed by atoms with Crippen molar-refractivity contribution >= 4 is 5.78 Å². The first-order chi connectivity index (χ1) is 16.0. The molecule has 0 aliphatic carbocycles. The molecule has 4 nitrogen and oxygen atoms in total. The van der Waals surface area contributed by atoms with Crippen LogP contribution in [0.5, 0.6) is 17.2 Å². The summed E-state index contributed by atoms with van der Waals surface area (Å²) in [5.41, 5.74) is 2.02. The molecule has 0 unspecified atom stereocenters. The third-order valence-corrected chi connectivity index (χ3v) is 5.94. The predicted molar refractivity (Wildman–Crippen MR) is 135 cm³/mol. The summed E-state index contributed by atoms with van der Waals surface area (Å²) < 4.78 is 5.75. The van der Waals surface area contributed by atoms with Crippen molar-refractivity contribution in [2.75, 3.05) is 6.61 Å². The minimum absolute atomic E-state index is 0.0969. The van der Waals surface area contributed by atoms with Gasteiger partial charge in [-0.2, -0.15) is 0 Å². The number of carbonyl (C=O) groups is 1. The summed E-state index contributed by atoms with van der Waals surface area (Å²) in [6, 6.07) is 12.3. The lowest BCUT2D eigenvalue weighted by molar-refractivity contribution is -0.114. The van der Waals surface area contributed by atoms with Crippen LogP contribution < -0.4 is 4.74 Å². The molecule has 33 heavy (non-hydrogen) atoms. The number of phenols is 2. The summed E-state index contributed by atoms with van der Waals surface area (Å²) in [4.78, 5) is 12.2. The smallest absolute Gasteiger partial charge is 0.161 e. The van der Waals surface area contributed by atoms with Gasteiger partial charge >= 0.3 is 0 Å². The molecule has 2 aromatic carbocycles. The number of allylic oxidation sites excluding steroid dienone is 2. The highest BCUT2D eigenvalue weighted by Crippen LogP contribution is 2.27. The molecule has 0 saturated carbocycles. The van der Waals surface area contributed by atoms with Gasteiger partial charge in [-0.25, -0.2) is 0 Å². The van der Waals surface area contributed by atoms with Crippen molar-refractivity contribution in [3.63, 3.8) is 0 Å². The average Bonchev–Trinajstić information content (AvgIpc) is 2.80. The summed E-state index contributed by atoms with van der Waals surface area (Å²) in [6.07, 6.45) is 14.0. The molecular formula is C29H40O4. The molecule has 4 heteroatoms. The molecule has 180 valence electrons. The van der Waals surface area contributed by atoms with Gasteiger partial charge in [-0.05, 0) is 66.6 Å². The Kier molecular flexibility index (Phi) is 12.2. The second-order valence-corrected chi connectivity index (χ2v) is 8.97. The van der Waals surface area contributed by atoms with Crippen molar-refractivity contribution in [2.24, 2.45) is 5.92 Å². The van der Waals surface area contributed by atoms with Crippen LogP contribution in [0.25, 0.3) is 0 Å². The number of aromatic hydroxyl groups is 2. The summed E-state index contributed by atoms with van der Waals surface area (Å²) in [5, 5.41) is 19.4. The third kappa shape index (κ3) is 11.1. The molecule has 0 saturated heterocycles. The molecule has 0 aromatic heterocycles. The van der Waals surface area contributed by atoms with Gasteiger partial charge in [0.05, 0.1) is 6.61 Å². The van der Waals surface area contributed by atoms with E-state index in [4.69, 9.17) is 4.74 Å². The van der Waals surface area contributed by atoms with E-state index in [0.717, 1.165) is 29.9 Å². The fourth-order valence-corrected chi connectivity index (χ4v) is 3.81. The first kappa shape index (κ1) is 26.5. The van der Waals surface area contributed by atoms with Gasteiger partial charge in [0.2, 0.25) is 0 Å². The van der Waals surface area contributed by atoms with E-state index in [1.807, 2.05) is 30.3 Å². The Balaban J connectivity index is 1.68. The zero-order chi connectivity index (χ0) is 23.9. The lowest BCUT2D eigenvalue weighted by Crippen LogP contribution is -2.02. The normalized spacial score (nSPS) is 12.2. The molecule has 0 fully saturated rings. The van der Waals surface area contributed by atoms with Crippen molar-refractivity contribution in [3.8, 4) is 17.2 Å². The summed E-state index contributed by atoms with van der Waals surface area (Å²) in [7, 11) is 0. The van der Waals surface area contributed by atoms with Crippen LogP contribution in [-0.4, -0.2) is 22.6 Å². The topological polar surface area (TPSA) is 66.8 Å². The van der Waals surface area contributed by atoms with Crippen LogP contribution in [-0.2, 0) is 17.6 Å². The molecule has 0 spiro atoms. The van der Waals surface area contributed by atoms with E-state index >= 15 is 0 Å². The number of hydrogen-bond donors (Lipinski definition) is 2. The van der Waals surface area contributed by atoms with E-state index in [2.05, 4.69) is 13.8 Å². The monoisotopic (exact) mass is 452 g/mol. The van der Waals surface area contributed by atoms with Crippen molar-refractivity contribution < 1.29 is 19.7 Å². The number of ether oxygens (including phenoxy) is 1. The number of benzene rings is 2. The quantitative estimate of drug-likeness (QED) is 0.209. The van der Waals surface area contributed by atoms with E-state index < -0.39 is 0 Å². The van der Waals surface area contributed by atoms with E-state index in [9.17, 15) is 15.0 Å². The molecule has 0 aliphatic rings. The van der Waals surface area contributed by atoms with Crippen molar-refractivity contribution in [1.29, 1.82) is 0 Å². The number of ketones is 1. The Morgan fingerprint density at radius 2 is 1.70 bits per heavy atom. The zero-order valence-electron chi connectivity index (χ0n) is 20.3. The molecule has 2 N–H and O–H groups in total. The number of carbonyl (C=O) groups excluding carboxylic acids is 1. The van der Waals surface area contributed by atoms with Gasteiger partial charge in [0.1, 0.15) is 5.75 Å². The van der Waals surface area contributed by atoms with Gasteiger partial charge in [-0.3, -0.25) is 4.79 Å². The number of unbranched alkanes of at least 4 members (excludes halogenated alkanes) is 3. The Bertz CT molecular complexity index is 854. The van der Waals surface area contributed by atoms with Gasteiger partial charge in [0.15, 0.2) is 17.3 Å². The maximum atomic E-state index is 12.2. The summed E-state index contributed by atoms with van der Waals surface area (Å²) in [5.74, 6) is 1.67. The maximum absolute atomic E-state index is 12.2. The Labute approximate surface area is 199 Å². The van der Waals surface area contributed by atoms with Crippen molar-refractivity contribution in [1.82, 2.24) is 0 Å². The van der Waals surface area contributed by atoms with Crippen LogP contribution in [0.1, 0.15) is 76.3 Å². The molecule has 0 bridgehead atoms. The molecule has 0 heterocycles. The minimum atomic E-state index is 0.0969. The van der Waals surface area contributed by atoms with Crippen molar-refractivity contribution in [3.05, 3.63) is 65.7 Å². The van der Waals surface area contributed by atoms with Gasteiger partial charge in [-0.1, -0.05) is 70.2 Å². The average molecular weight is 453 g/mol. The van der Waals surface area contributed by atoms with Crippen LogP contribution in [0.15, 0.2) is 54.6 Å². The van der Waals surface area contributed by atoms with Gasteiger partial charge in [0.25, 0.3) is 0 Å². The third-order valence-electron chi connectivity index (χ3n) is 5.94. The number of hydrogen-bond acceptors (Lipinski definition) is 4. The standard InChI is InChI=1S/C29H40O4/c1-3-4-6-9-23(2)10-7-5-8-11-26(30)18-14-25-15-19-28(32)29(22-25)33-21-20-24-12-16-27(31)17-13-24/h8,11-13,15-17,19,22-23,31-32H,3-7,9-10,14,18,20-21H2,1-2H3/t23-/m0/s1. The van der Waals surface area contributed by atoms with E-state index in [1.54, 1.807) is 24.3 Å². The molecule has 0 amide bonds. The second kappa shape index (κ2) is 15.2. The van der Waals surface area contributed by atoms with Gasteiger partial charge in [0, 0.05) is 12.8 Å². The minimum Gasteiger partial charge on any atom is -0.508 e. The van der Waals surface area contributed by atoms with Gasteiger partial charge < -0.3 is 14.9 Å². The Morgan fingerprint density at radius 3 is 2.45 bits per heavy atom. The molecular weight excluding hydrogens is 412 g/mol. The summed E-state index contributed by atoms with van der Waals surface area (Å²) in [6.45, 7) is 4.98. The number of phenolic OH excluding ortho intramolecular Hbond substituents is 2. The van der Waals surface area contributed by atoms with Crippen LogP contribution in [0.3, 0.4) is 0 Å². The second-order valence-electron chi connectivity index (χ2n) is 8.97. The van der Waals surface area contributed by atoms with E-state index in [1.165, 1.54) is 32.1 Å².